The summed E-state index contributed by atoms with van der Waals surface area (Å²) in [4.78, 5) is 0. The molecule has 0 aliphatic carbocycles. The molecule has 0 nitrogen and oxygen atoms in total. The Bertz CT molecular complexity index is 178. The van der Waals surface area contributed by atoms with E-state index in [1.54, 1.807) is 0 Å². The molecule has 16 heavy (non-hydrogen) atoms. The Labute approximate surface area is 103 Å². The van der Waals surface area contributed by atoms with Gasteiger partial charge in [-0.1, -0.05) is 64.7 Å². The quantitative estimate of drug-likeness (QED) is 0.326. The van der Waals surface area contributed by atoms with Gasteiger partial charge in [-0.2, -0.15) is 0 Å². The molecule has 0 saturated heterocycles. The van der Waals surface area contributed by atoms with E-state index in [0.29, 0.717) is 5.92 Å². The van der Waals surface area contributed by atoms with Crippen molar-refractivity contribution in [2.24, 2.45) is 11.8 Å². The largest absolute Gasteiger partial charge is 0.103 e. The normalized spacial score (nSPS) is 15.2. The van der Waals surface area contributed by atoms with Crippen LogP contribution >= 0.6 is 0 Å². The van der Waals surface area contributed by atoms with E-state index >= 15 is 0 Å². The number of hydrogen-bond donors (Lipinski definition) is 0. The summed E-state index contributed by atoms with van der Waals surface area (Å²) in [6.45, 7) is 10.7. The Hall–Kier alpha value is -0.520. The molecule has 94 valence electrons. The van der Waals surface area contributed by atoms with Gasteiger partial charge in [-0.15, -0.1) is 6.58 Å². The lowest BCUT2D eigenvalue weighted by Gasteiger charge is -2.08. The van der Waals surface area contributed by atoms with E-state index in [0.717, 1.165) is 12.3 Å². The number of hydrogen-bond acceptors (Lipinski definition) is 0. The van der Waals surface area contributed by atoms with Crippen LogP contribution in [0, 0.1) is 11.8 Å². The van der Waals surface area contributed by atoms with Gasteiger partial charge in [0.2, 0.25) is 0 Å². The highest BCUT2D eigenvalue weighted by molar-refractivity contribution is 4.89. The summed E-state index contributed by atoms with van der Waals surface area (Å²) in [5.74, 6) is 1.59. The van der Waals surface area contributed by atoms with Crippen molar-refractivity contribution in [1.82, 2.24) is 0 Å². The van der Waals surface area contributed by atoms with Crippen LogP contribution in [0.5, 0.6) is 0 Å². The molecule has 0 aromatic carbocycles. The smallest absolute Gasteiger partial charge is 0.0227 e. The van der Waals surface area contributed by atoms with Gasteiger partial charge in [0.25, 0.3) is 0 Å². The summed E-state index contributed by atoms with van der Waals surface area (Å²) in [7, 11) is 0. The van der Waals surface area contributed by atoms with Crippen LogP contribution in [0.2, 0.25) is 0 Å². The number of allylic oxidation sites excluding steroid dienone is 3. The molecule has 0 aliphatic rings. The van der Waals surface area contributed by atoms with Gasteiger partial charge in [0.15, 0.2) is 0 Å². The highest BCUT2D eigenvalue weighted by atomic mass is 14.0. The SMILES string of the molecule is C=CCC(C)C=CCCCCC(C)CCC. The first kappa shape index (κ1) is 15.5. The summed E-state index contributed by atoms with van der Waals surface area (Å²) in [6, 6.07) is 0. The van der Waals surface area contributed by atoms with Crippen molar-refractivity contribution in [3.8, 4) is 0 Å². The van der Waals surface area contributed by atoms with Crippen molar-refractivity contribution >= 4 is 0 Å². The summed E-state index contributed by atoms with van der Waals surface area (Å²) < 4.78 is 0. The molecule has 0 aromatic rings. The molecule has 0 rings (SSSR count). The third-order valence-corrected chi connectivity index (χ3v) is 3.10. The molecular formula is C16H30. The molecule has 0 amide bonds. The molecule has 0 N–H and O–H groups in total. The Balaban J connectivity index is 3.35. The first-order valence-corrected chi connectivity index (χ1v) is 6.98. The fourth-order valence-electron chi connectivity index (χ4n) is 2.06. The van der Waals surface area contributed by atoms with Crippen LogP contribution in [0.1, 0.15) is 65.7 Å². The molecule has 0 saturated carbocycles. The van der Waals surface area contributed by atoms with Crippen molar-refractivity contribution in [2.75, 3.05) is 0 Å². The molecule has 2 unspecified atom stereocenters. The van der Waals surface area contributed by atoms with Gasteiger partial charge in [0.05, 0.1) is 0 Å². The average Bonchev–Trinajstić information content (AvgIpc) is 2.24. The number of unbranched alkanes of at least 4 members (excludes halogenated alkanes) is 2. The fraction of sp³-hybridized carbons (Fsp3) is 0.750. The monoisotopic (exact) mass is 222 g/mol. The van der Waals surface area contributed by atoms with Crippen molar-refractivity contribution in [3.05, 3.63) is 24.8 Å². The number of rotatable bonds is 10. The third kappa shape index (κ3) is 10.0. The van der Waals surface area contributed by atoms with Crippen LogP contribution in [-0.2, 0) is 0 Å². The molecule has 0 aromatic heterocycles. The van der Waals surface area contributed by atoms with Crippen LogP contribution in [0.3, 0.4) is 0 Å². The lowest BCUT2D eigenvalue weighted by atomic mass is 9.98. The maximum atomic E-state index is 3.76. The Morgan fingerprint density at radius 1 is 1.12 bits per heavy atom. The lowest BCUT2D eigenvalue weighted by Crippen LogP contribution is -1.93. The van der Waals surface area contributed by atoms with Crippen LogP contribution in [0.25, 0.3) is 0 Å². The molecule has 0 heteroatoms. The van der Waals surface area contributed by atoms with Gasteiger partial charge >= 0.3 is 0 Å². The van der Waals surface area contributed by atoms with Gasteiger partial charge in [-0.3, -0.25) is 0 Å². The van der Waals surface area contributed by atoms with E-state index < -0.39 is 0 Å². The van der Waals surface area contributed by atoms with Crippen molar-refractivity contribution < 1.29 is 0 Å². The second-order valence-corrected chi connectivity index (χ2v) is 5.11. The molecule has 0 aliphatic heterocycles. The van der Waals surface area contributed by atoms with E-state index in [9.17, 15) is 0 Å². The molecule has 0 radical (unpaired) electrons. The molecule has 0 spiro atoms. The van der Waals surface area contributed by atoms with E-state index in [2.05, 4.69) is 39.5 Å². The molecule has 0 fully saturated rings. The van der Waals surface area contributed by atoms with Crippen molar-refractivity contribution in [2.45, 2.75) is 65.7 Å². The van der Waals surface area contributed by atoms with Gasteiger partial charge in [0, 0.05) is 0 Å². The van der Waals surface area contributed by atoms with Crippen molar-refractivity contribution in [3.63, 3.8) is 0 Å². The lowest BCUT2D eigenvalue weighted by molar-refractivity contribution is 0.462. The maximum absolute atomic E-state index is 3.76. The maximum Gasteiger partial charge on any atom is -0.0227 e. The molecular weight excluding hydrogens is 192 g/mol. The standard InChI is InChI=1S/C16H30/c1-5-11-15(3)13-9-7-8-10-14-16(4)12-6-2/h5,9,13,15-16H,1,6-8,10-12,14H2,2-4H3. The van der Waals surface area contributed by atoms with Crippen LogP contribution in [0.4, 0.5) is 0 Å². The summed E-state index contributed by atoms with van der Waals surface area (Å²) in [5, 5.41) is 0. The highest BCUT2D eigenvalue weighted by Crippen LogP contribution is 2.15. The van der Waals surface area contributed by atoms with Crippen LogP contribution in [0.15, 0.2) is 24.8 Å². The average molecular weight is 222 g/mol. The molecule has 2 atom stereocenters. The Kier molecular flexibility index (Phi) is 10.6. The third-order valence-electron chi connectivity index (χ3n) is 3.10. The highest BCUT2D eigenvalue weighted by Gasteiger charge is 1.99. The zero-order chi connectivity index (χ0) is 12.2. The minimum atomic E-state index is 0.663. The second kappa shape index (κ2) is 11.0. The van der Waals surface area contributed by atoms with E-state index in [-0.39, 0.29) is 0 Å². The van der Waals surface area contributed by atoms with E-state index in [1.807, 2.05) is 6.08 Å². The summed E-state index contributed by atoms with van der Waals surface area (Å²) in [5.41, 5.74) is 0. The minimum absolute atomic E-state index is 0.663. The Morgan fingerprint density at radius 3 is 2.50 bits per heavy atom. The van der Waals surface area contributed by atoms with Gasteiger partial charge in [-0.25, -0.2) is 0 Å². The van der Waals surface area contributed by atoms with Gasteiger partial charge in [-0.05, 0) is 31.1 Å². The summed E-state index contributed by atoms with van der Waals surface area (Å²) >= 11 is 0. The predicted octanol–water partition coefficient (Wildman–Crippen LogP) is 5.75. The second-order valence-electron chi connectivity index (χ2n) is 5.11. The zero-order valence-corrected chi connectivity index (χ0v) is 11.5. The van der Waals surface area contributed by atoms with Crippen LogP contribution in [-0.4, -0.2) is 0 Å². The predicted molar refractivity (Wildman–Crippen MR) is 75.7 cm³/mol. The fourth-order valence-corrected chi connectivity index (χ4v) is 2.06. The molecule has 0 bridgehead atoms. The van der Waals surface area contributed by atoms with Gasteiger partial charge < -0.3 is 0 Å². The first-order chi connectivity index (χ1) is 7.70. The first-order valence-electron chi connectivity index (χ1n) is 6.98. The van der Waals surface area contributed by atoms with Crippen molar-refractivity contribution in [1.29, 1.82) is 0 Å². The molecule has 0 heterocycles. The topological polar surface area (TPSA) is 0 Å². The Morgan fingerprint density at radius 2 is 1.88 bits per heavy atom. The van der Waals surface area contributed by atoms with Crippen LogP contribution < -0.4 is 0 Å². The van der Waals surface area contributed by atoms with Gasteiger partial charge in [0.1, 0.15) is 0 Å². The van der Waals surface area contributed by atoms with E-state index in [4.69, 9.17) is 0 Å². The summed E-state index contributed by atoms with van der Waals surface area (Å²) in [6.07, 6.45) is 15.9. The van der Waals surface area contributed by atoms with E-state index in [1.165, 1.54) is 38.5 Å². The zero-order valence-electron chi connectivity index (χ0n) is 11.5. The minimum Gasteiger partial charge on any atom is -0.103 e.